The van der Waals surface area contributed by atoms with E-state index in [1.54, 1.807) is 13.1 Å². The van der Waals surface area contributed by atoms with Crippen LogP contribution in [-0.4, -0.2) is 53.9 Å². The Bertz CT molecular complexity index is 2460. The number of amides is 1. The van der Waals surface area contributed by atoms with E-state index in [2.05, 4.69) is 36.5 Å². The molecule has 0 atom stereocenters. The number of nitrogens with one attached hydrogen (secondary N) is 1. The Morgan fingerprint density at radius 1 is 0.962 bits per heavy atom. The van der Waals surface area contributed by atoms with Gasteiger partial charge in [-0.2, -0.15) is 10.1 Å². The second-order valence-electron chi connectivity index (χ2n) is 13.9. The molecule has 7 aromatic rings. The number of thiazole rings is 1. The van der Waals surface area contributed by atoms with Gasteiger partial charge in [0.2, 0.25) is 0 Å². The largest absolute Gasteiger partial charge is 0.455 e. The number of hydrogen-bond acceptors (Lipinski definition) is 11. The van der Waals surface area contributed by atoms with Crippen LogP contribution in [0.25, 0.3) is 32.8 Å². The molecule has 0 spiro atoms. The SMILES string of the molecule is Cc1noc(-c2cccc(Cn3cc(-c4ccc(N5CCc6cccc(C(=O)Nc7nc8ccccc8s7)c6C5)nc4C(=O)OC(C)(C)C)cn3)c2)n1. The molecular weight excluding hydrogens is 689 g/mol. The number of anilines is 2. The summed E-state index contributed by atoms with van der Waals surface area (Å²) in [5.41, 5.74) is 6.07. The molecule has 13 heteroatoms. The number of pyridine rings is 1. The average Bonchev–Trinajstić information content (AvgIpc) is 3.90. The van der Waals surface area contributed by atoms with Gasteiger partial charge in [-0.25, -0.2) is 14.8 Å². The van der Waals surface area contributed by atoms with Crippen LogP contribution in [0.2, 0.25) is 0 Å². The van der Waals surface area contributed by atoms with Crippen molar-refractivity contribution in [2.45, 2.75) is 52.8 Å². The monoisotopic (exact) mass is 724 g/mol. The van der Waals surface area contributed by atoms with Crippen molar-refractivity contribution in [2.24, 2.45) is 0 Å². The number of ether oxygens (including phenoxy) is 1. The van der Waals surface area contributed by atoms with Gasteiger partial charge in [-0.1, -0.05) is 52.9 Å². The summed E-state index contributed by atoms with van der Waals surface area (Å²) in [7, 11) is 0. The molecule has 0 radical (unpaired) electrons. The molecule has 1 N–H and O–H groups in total. The van der Waals surface area contributed by atoms with Crippen molar-refractivity contribution in [3.05, 3.63) is 125 Å². The third-order valence-corrected chi connectivity index (χ3v) is 9.77. The highest BCUT2D eigenvalue weighted by Crippen LogP contribution is 2.32. The van der Waals surface area contributed by atoms with E-state index in [-0.39, 0.29) is 11.6 Å². The zero-order chi connectivity index (χ0) is 36.7. The van der Waals surface area contributed by atoms with Gasteiger partial charge in [-0.05, 0) is 93.3 Å². The topological polar surface area (TPSA) is 141 Å². The first-order chi connectivity index (χ1) is 25.6. The first-order valence-electron chi connectivity index (χ1n) is 17.3. The third-order valence-electron chi connectivity index (χ3n) is 8.82. The van der Waals surface area contributed by atoms with Crippen LogP contribution < -0.4 is 10.2 Å². The molecule has 266 valence electrons. The molecule has 0 fully saturated rings. The summed E-state index contributed by atoms with van der Waals surface area (Å²) in [6, 6.07) is 25.3. The van der Waals surface area contributed by atoms with E-state index in [0.29, 0.717) is 59.8 Å². The molecule has 8 rings (SSSR count). The summed E-state index contributed by atoms with van der Waals surface area (Å²) in [4.78, 5) is 43.3. The number of fused-ring (bicyclic) bond motifs is 2. The van der Waals surface area contributed by atoms with E-state index in [4.69, 9.17) is 14.2 Å². The molecule has 0 unspecified atom stereocenters. The van der Waals surface area contributed by atoms with Crippen LogP contribution in [0, 0.1) is 6.92 Å². The molecule has 0 saturated carbocycles. The smallest absolute Gasteiger partial charge is 0.358 e. The van der Waals surface area contributed by atoms with Gasteiger partial charge in [0.15, 0.2) is 16.6 Å². The molecule has 3 aromatic carbocycles. The standard InChI is InChI=1S/C40H36N8O4S/c1-24-42-37(52-46-24)27-11-7-9-25(19-27)21-48-22-28(20-41-48)29-15-16-34(44-35(29)38(50)51-40(2,3)4)47-18-17-26-10-8-12-30(31(26)23-47)36(49)45-39-43-32-13-5-6-14-33(32)53-39/h5-16,19-20,22H,17-18,21,23H2,1-4H3,(H,43,45,49). The molecule has 1 aliphatic heterocycles. The van der Waals surface area contributed by atoms with Gasteiger partial charge >= 0.3 is 5.97 Å². The van der Waals surface area contributed by atoms with Crippen LogP contribution >= 0.6 is 11.3 Å². The van der Waals surface area contributed by atoms with Crippen LogP contribution in [0.4, 0.5) is 10.9 Å². The fourth-order valence-electron chi connectivity index (χ4n) is 6.41. The number of carbonyl (C=O) groups excluding carboxylic acids is 2. The van der Waals surface area contributed by atoms with E-state index >= 15 is 0 Å². The maximum atomic E-state index is 13.7. The fourth-order valence-corrected chi connectivity index (χ4v) is 7.27. The molecule has 12 nitrogen and oxygen atoms in total. The molecule has 5 heterocycles. The van der Waals surface area contributed by atoms with Crippen LogP contribution in [0.15, 0.2) is 95.8 Å². The predicted molar refractivity (Wildman–Crippen MR) is 203 cm³/mol. The highest BCUT2D eigenvalue weighted by atomic mass is 32.1. The maximum absolute atomic E-state index is 13.7. The number of esters is 1. The summed E-state index contributed by atoms with van der Waals surface area (Å²) < 4.78 is 14.0. The lowest BCUT2D eigenvalue weighted by Gasteiger charge is -2.31. The lowest BCUT2D eigenvalue weighted by atomic mass is 9.94. The van der Waals surface area contributed by atoms with Gasteiger partial charge < -0.3 is 14.2 Å². The second kappa shape index (κ2) is 13.7. The van der Waals surface area contributed by atoms with E-state index in [1.165, 1.54) is 11.3 Å². The Balaban J connectivity index is 1.06. The van der Waals surface area contributed by atoms with Gasteiger partial charge in [0.25, 0.3) is 11.8 Å². The van der Waals surface area contributed by atoms with Crippen molar-refractivity contribution in [3.63, 3.8) is 0 Å². The first-order valence-corrected chi connectivity index (χ1v) is 18.1. The van der Waals surface area contributed by atoms with Gasteiger partial charge in [-0.3, -0.25) is 14.8 Å². The predicted octanol–water partition coefficient (Wildman–Crippen LogP) is 7.73. The van der Waals surface area contributed by atoms with Crippen molar-refractivity contribution < 1.29 is 18.8 Å². The third kappa shape index (κ3) is 7.28. The van der Waals surface area contributed by atoms with Gasteiger partial charge in [0.1, 0.15) is 11.4 Å². The van der Waals surface area contributed by atoms with Gasteiger partial charge in [0.05, 0.1) is 23.0 Å². The Kier molecular flexibility index (Phi) is 8.79. The Morgan fingerprint density at radius 2 is 1.81 bits per heavy atom. The highest BCUT2D eigenvalue weighted by molar-refractivity contribution is 7.22. The van der Waals surface area contributed by atoms with E-state index in [9.17, 15) is 9.59 Å². The normalized spacial score (nSPS) is 12.9. The Labute approximate surface area is 309 Å². The number of aryl methyl sites for hydroxylation is 1. The van der Waals surface area contributed by atoms with Gasteiger partial charge in [-0.15, -0.1) is 0 Å². The molecule has 0 bridgehead atoms. The molecule has 0 saturated heterocycles. The molecule has 1 amide bonds. The van der Waals surface area contributed by atoms with E-state index in [1.807, 2.05) is 104 Å². The number of para-hydroxylation sites is 1. The number of benzene rings is 3. The maximum Gasteiger partial charge on any atom is 0.358 e. The quantitative estimate of drug-likeness (QED) is 0.155. The summed E-state index contributed by atoms with van der Waals surface area (Å²) in [5.74, 6) is 0.898. The summed E-state index contributed by atoms with van der Waals surface area (Å²) >= 11 is 1.44. The van der Waals surface area contributed by atoms with Gasteiger partial charge in [0, 0.05) is 41.5 Å². The van der Waals surface area contributed by atoms with Crippen LogP contribution in [0.3, 0.4) is 0 Å². The van der Waals surface area contributed by atoms with E-state index < -0.39 is 11.6 Å². The molecule has 4 aromatic heterocycles. The summed E-state index contributed by atoms with van der Waals surface area (Å²) in [6.07, 6.45) is 4.33. The molecular formula is C40H36N8O4S. The molecule has 0 aliphatic carbocycles. The zero-order valence-corrected chi connectivity index (χ0v) is 30.5. The van der Waals surface area contributed by atoms with E-state index in [0.717, 1.165) is 38.0 Å². The minimum atomic E-state index is -0.728. The minimum absolute atomic E-state index is 0.193. The summed E-state index contributed by atoms with van der Waals surface area (Å²) in [6.45, 7) is 8.87. The number of aromatic nitrogens is 6. The van der Waals surface area contributed by atoms with Crippen LogP contribution in [-0.2, 0) is 24.2 Å². The molecule has 53 heavy (non-hydrogen) atoms. The first kappa shape index (κ1) is 33.9. The number of carbonyl (C=O) groups is 2. The minimum Gasteiger partial charge on any atom is -0.455 e. The average molecular weight is 725 g/mol. The highest BCUT2D eigenvalue weighted by Gasteiger charge is 2.27. The van der Waals surface area contributed by atoms with Crippen molar-refractivity contribution in [2.75, 3.05) is 16.8 Å². The lowest BCUT2D eigenvalue weighted by Crippen LogP contribution is -2.33. The molecule has 1 aliphatic rings. The van der Waals surface area contributed by atoms with Crippen LogP contribution in [0.1, 0.15) is 64.1 Å². The lowest BCUT2D eigenvalue weighted by molar-refractivity contribution is 0.00638. The Morgan fingerprint density at radius 3 is 2.62 bits per heavy atom. The zero-order valence-electron chi connectivity index (χ0n) is 29.7. The van der Waals surface area contributed by atoms with Crippen molar-refractivity contribution in [1.82, 2.24) is 29.9 Å². The Hall–Kier alpha value is -6.21. The summed E-state index contributed by atoms with van der Waals surface area (Å²) in [5, 5.41) is 12.1. The van der Waals surface area contributed by atoms with Crippen molar-refractivity contribution in [1.29, 1.82) is 0 Å². The number of nitrogens with zero attached hydrogens (tertiary/aromatic N) is 7. The number of hydrogen-bond donors (Lipinski definition) is 1. The fraction of sp³-hybridized carbons (Fsp3) is 0.225. The van der Waals surface area contributed by atoms with Crippen molar-refractivity contribution in [3.8, 4) is 22.6 Å². The second-order valence-corrected chi connectivity index (χ2v) is 14.9. The van der Waals surface area contributed by atoms with Crippen molar-refractivity contribution >= 4 is 44.4 Å². The number of rotatable bonds is 8. The van der Waals surface area contributed by atoms with Crippen LogP contribution in [0.5, 0.6) is 0 Å².